The van der Waals surface area contributed by atoms with Crippen molar-refractivity contribution in [3.63, 3.8) is 0 Å². The van der Waals surface area contributed by atoms with Crippen LogP contribution in [0.1, 0.15) is 25.8 Å². The maximum Gasteiger partial charge on any atom is 0.416 e. The molecule has 3 aromatic rings. The molecule has 6 rings (SSSR count). The van der Waals surface area contributed by atoms with Crippen molar-refractivity contribution in [3.8, 4) is 17.1 Å². The van der Waals surface area contributed by atoms with E-state index in [4.69, 9.17) is 14.3 Å². The lowest BCUT2D eigenvalue weighted by Crippen LogP contribution is -2.48. The summed E-state index contributed by atoms with van der Waals surface area (Å²) in [6.45, 7) is 5.32. The molecule has 3 aliphatic rings. The molecular formula is C27H27F3N6O4S. The first-order valence-corrected chi connectivity index (χ1v) is 13.9. The van der Waals surface area contributed by atoms with Crippen LogP contribution < -0.4 is 19.9 Å². The van der Waals surface area contributed by atoms with E-state index in [1.165, 1.54) is 24.2 Å². The van der Waals surface area contributed by atoms with Gasteiger partial charge < -0.3 is 19.7 Å². The lowest BCUT2D eigenvalue weighted by atomic mass is 10.1. The highest BCUT2D eigenvalue weighted by Crippen LogP contribution is 2.41. The van der Waals surface area contributed by atoms with E-state index < -0.39 is 23.6 Å². The smallest absolute Gasteiger partial charge is 0.416 e. The van der Waals surface area contributed by atoms with Gasteiger partial charge in [-0.2, -0.15) is 13.2 Å². The number of urea groups is 1. The van der Waals surface area contributed by atoms with E-state index in [9.17, 15) is 18.0 Å². The van der Waals surface area contributed by atoms with E-state index in [1.54, 1.807) is 33.6 Å². The molecule has 5 heterocycles. The molecule has 0 spiro atoms. The average Bonchev–Trinajstić information content (AvgIpc) is 3.51. The van der Waals surface area contributed by atoms with E-state index in [0.29, 0.717) is 41.9 Å². The summed E-state index contributed by atoms with van der Waals surface area (Å²) in [5, 5.41) is 2.90. The number of hydrogen-bond acceptors (Lipinski definition) is 9. The topological polar surface area (TPSA) is 92.3 Å². The van der Waals surface area contributed by atoms with Gasteiger partial charge in [0.2, 0.25) is 5.88 Å². The molecule has 1 aromatic carbocycles. The maximum absolute atomic E-state index is 13.6. The van der Waals surface area contributed by atoms with Crippen molar-refractivity contribution in [1.82, 2.24) is 14.4 Å². The van der Waals surface area contributed by atoms with Crippen LogP contribution >= 0.6 is 11.9 Å². The number of fused-ring (bicyclic) bond motifs is 4. The van der Waals surface area contributed by atoms with Crippen molar-refractivity contribution >= 4 is 35.2 Å². The molecule has 2 bridgehead atoms. The molecule has 0 aliphatic carbocycles. The van der Waals surface area contributed by atoms with Crippen LogP contribution in [0.4, 0.5) is 35.2 Å². The van der Waals surface area contributed by atoms with Crippen LogP contribution in [0.25, 0.3) is 11.3 Å². The third kappa shape index (κ3) is 5.91. The van der Waals surface area contributed by atoms with Gasteiger partial charge in [0.25, 0.3) is 0 Å². The number of nitrogens with zero attached hydrogens (tertiary/aromatic N) is 5. The van der Waals surface area contributed by atoms with Gasteiger partial charge in [-0.25, -0.2) is 14.8 Å². The number of ether oxygens (including phenoxy) is 2. The number of carbonyl (C=O) groups excluding carboxylic acids is 1. The molecule has 2 saturated heterocycles. The predicted molar refractivity (Wildman–Crippen MR) is 147 cm³/mol. The van der Waals surface area contributed by atoms with Crippen molar-refractivity contribution in [2.45, 2.75) is 38.3 Å². The van der Waals surface area contributed by atoms with Crippen LogP contribution in [0.5, 0.6) is 5.88 Å². The van der Waals surface area contributed by atoms with Crippen LogP contribution in [0.15, 0.2) is 54.7 Å². The third-order valence-electron chi connectivity index (χ3n) is 6.89. The van der Waals surface area contributed by atoms with Gasteiger partial charge in [-0.3, -0.25) is 9.74 Å². The summed E-state index contributed by atoms with van der Waals surface area (Å²) in [5.74, 6) is 0.236. The van der Waals surface area contributed by atoms with E-state index in [1.807, 2.05) is 19.9 Å². The number of alkyl halides is 3. The Kier molecular flexibility index (Phi) is 7.18. The van der Waals surface area contributed by atoms with Crippen LogP contribution in [-0.2, 0) is 15.8 Å². The largest absolute Gasteiger partial charge is 0.465 e. The Morgan fingerprint density at radius 3 is 2.85 bits per heavy atom. The number of aromatic nitrogens is 2. The van der Waals surface area contributed by atoms with Gasteiger partial charge in [-0.1, -0.05) is 16.6 Å². The fourth-order valence-corrected chi connectivity index (χ4v) is 5.60. The summed E-state index contributed by atoms with van der Waals surface area (Å²) in [7, 11) is 0. The molecule has 14 heteroatoms. The minimum atomic E-state index is -4.47. The van der Waals surface area contributed by atoms with Gasteiger partial charge in [0, 0.05) is 36.6 Å². The van der Waals surface area contributed by atoms with Crippen molar-refractivity contribution in [2.75, 3.05) is 40.9 Å². The summed E-state index contributed by atoms with van der Waals surface area (Å²) in [6, 6.07) is 11.2. The molecule has 3 aliphatic heterocycles. The second-order valence-corrected chi connectivity index (χ2v) is 11.1. The lowest BCUT2D eigenvalue weighted by Gasteiger charge is -2.36. The second-order valence-electron chi connectivity index (χ2n) is 10.2. The monoisotopic (exact) mass is 588 g/mol. The number of benzene rings is 1. The Morgan fingerprint density at radius 2 is 2.07 bits per heavy atom. The quantitative estimate of drug-likeness (QED) is 0.286. The Bertz CT molecular complexity index is 1460. The molecule has 216 valence electrons. The third-order valence-corrected chi connectivity index (χ3v) is 7.58. The highest BCUT2D eigenvalue weighted by molar-refractivity contribution is 7.96. The van der Waals surface area contributed by atoms with E-state index in [-0.39, 0.29) is 12.0 Å². The average molecular weight is 589 g/mol. The number of anilines is 3. The van der Waals surface area contributed by atoms with Crippen molar-refractivity contribution in [1.29, 1.82) is 0 Å². The highest BCUT2D eigenvalue weighted by Gasteiger charge is 2.40. The zero-order chi connectivity index (χ0) is 28.8. The molecule has 1 N–H and O–H groups in total. The normalized spacial score (nSPS) is 19.8. The summed E-state index contributed by atoms with van der Waals surface area (Å²) in [6.07, 6.45) is -2.20. The molecule has 1 atom stereocenters. The number of pyridine rings is 2. The fourth-order valence-electron chi connectivity index (χ4n) is 4.95. The fraction of sp³-hybridized carbons (Fsp3) is 0.370. The molecule has 2 fully saturated rings. The first-order chi connectivity index (χ1) is 19.6. The number of hydroxylamine groups is 1. The molecular weight excluding hydrogens is 561 g/mol. The van der Waals surface area contributed by atoms with Crippen molar-refractivity contribution in [3.05, 3.63) is 60.3 Å². The summed E-state index contributed by atoms with van der Waals surface area (Å²) in [4.78, 5) is 31.8. The Hall–Kier alpha value is -3.59. The molecule has 0 saturated carbocycles. The summed E-state index contributed by atoms with van der Waals surface area (Å²) >= 11 is 1.28. The number of nitrogens with one attached hydrogen (secondary N) is 1. The Morgan fingerprint density at radius 1 is 1.22 bits per heavy atom. The van der Waals surface area contributed by atoms with Gasteiger partial charge in [-0.05, 0) is 62.5 Å². The number of halogens is 3. The number of rotatable bonds is 6. The van der Waals surface area contributed by atoms with Crippen LogP contribution in [0, 0.1) is 0 Å². The van der Waals surface area contributed by atoms with E-state index in [2.05, 4.69) is 20.2 Å². The molecule has 41 heavy (non-hydrogen) atoms. The Balaban J connectivity index is 1.19. The van der Waals surface area contributed by atoms with Crippen molar-refractivity contribution < 1.29 is 32.3 Å². The SMILES string of the molecule is CC1(C)OCN(SCOc2cc(NC(=O)N3c4nc(-c5cccc(C(F)(F)F)c5)ccc4N4CCC3C4)ccn2)O1. The zero-order valence-corrected chi connectivity index (χ0v) is 23.0. The highest BCUT2D eigenvalue weighted by atomic mass is 32.2. The van der Waals surface area contributed by atoms with Crippen molar-refractivity contribution in [2.24, 2.45) is 0 Å². The molecule has 2 amide bonds. The molecule has 2 aromatic heterocycles. The Labute approximate surface area is 238 Å². The molecule has 1 unspecified atom stereocenters. The molecule has 0 radical (unpaired) electrons. The second kappa shape index (κ2) is 10.7. The van der Waals surface area contributed by atoms with Gasteiger partial charge in [0.1, 0.15) is 6.73 Å². The van der Waals surface area contributed by atoms with Gasteiger partial charge >= 0.3 is 12.2 Å². The summed E-state index contributed by atoms with van der Waals surface area (Å²) < 4.78 is 52.7. The van der Waals surface area contributed by atoms with Gasteiger partial charge in [-0.15, -0.1) is 0 Å². The minimum Gasteiger partial charge on any atom is -0.465 e. The number of hydrogen-bond donors (Lipinski definition) is 1. The molecule has 10 nitrogen and oxygen atoms in total. The first kappa shape index (κ1) is 27.6. The van der Waals surface area contributed by atoms with Gasteiger partial charge in [0.05, 0.1) is 23.0 Å². The minimum absolute atomic E-state index is 0.132. The number of carbonyl (C=O) groups is 1. The summed E-state index contributed by atoms with van der Waals surface area (Å²) in [5.41, 5.74) is 1.15. The van der Waals surface area contributed by atoms with Gasteiger partial charge in [0.15, 0.2) is 17.5 Å². The first-order valence-electron chi connectivity index (χ1n) is 12.9. The number of amides is 2. The van der Waals surface area contributed by atoms with Crippen LogP contribution in [0.3, 0.4) is 0 Å². The maximum atomic E-state index is 13.6. The van der Waals surface area contributed by atoms with Crippen LogP contribution in [0.2, 0.25) is 0 Å². The van der Waals surface area contributed by atoms with E-state index >= 15 is 0 Å². The predicted octanol–water partition coefficient (Wildman–Crippen LogP) is 5.74. The van der Waals surface area contributed by atoms with Crippen LogP contribution in [-0.4, -0.2) is 58.1 Å². The standard InChI is InChI=1S/C27H27F3N6O4S/c1-26(2)39-15-35(40-26)41-16-38-23-13-19(8-10-31-23)32-25(37)36-20-9-11-34(14-20)22-7-6-21(33-24(22)36)17-4-3-5-18(12-17)27(28,29)30/h3-8,10,12-13,20H,9,11,14-16H2,1-2H3,(H,31,32,37). The lowest BCUT2D eigenvalue weighted by molar-refractivity contribution is -0.177. The van der Waals surface area contributed by atoms with E-state index in [0.717, 1.165) is 30.8 Å². The zero-order valence-electron chi connectivity index (χ0n) is 22.2.